The Labute approximate surface area is 161 Å². The molecular formula is C19H20ClFN2O4. The van der Waals surface area contributed by atoms with Crippen LogP contribution >= 0.6 is 11.6 Å². The number of rotatable bonds is 9. The second kappa shape index (κ2) is 10.4. The van der Waals surface area contributed by atoms with Gasteiger partial charge < -0.3 is 19.6 Å². The van der Waals surface area contributed by atoms with Gasteiger partial charge in [0.25, 0.3) is 5.91 Å². The third kappa shape index (κ3) is 6.45. The average Bonchev–Trinajstić information content (AvgIpc) is 2.66. The Hall–Kier alpha value is -2.80. The van der Waals surface area contributed by atoms with Gasteiger partial charge in [-0.2, -0.15) is 0 Å². The lowest BCUT2D eigenvalue weighted by Crippen LogP contribution is -2.17. The van der Waals surface area contributed by atoms with Crippen LogP contribution in [-0.4, -0.2) is 32.4 Å². The molecule has 2 aromatic carbocycles. The third-order valence-electron chi connectivity index (χ3n) is 3.32. The number of hydrogen-bond donors (Lipinski definition) is 1. The lowest BCUT2D eigenvalue weighted by Gasteiger charge is -2.10. The minimum atomic E-state index is -0.558. The number of halogens is 2. The van der Waals surface area contributed by atoms with Crippen molar-refractivity contribution in [2.24, 2.45) is 5.16 Å². The Morgan fingerprint density at radius 2 is 2.07 bits per heavy atom. The zero-order valence-corrected chi connectivity index (χ0v) is 15.8. The van der Waals surface area contributed by atoms with Gasteiger partial charge in [0.05, 0.1) is 25.0 Å². The van der Waals surface area contributed by atoms with Crippen molar-refractivity contribution in [3.05, 3.63) is 52.8 Å². The monoisotopic (exact) mass is 394 g/mol. The van der Waals surface area contributed by atoms with E-state index in [1.807, 2.05) is 6.92 Å². The zero-order valence-electron chi connectivity index (χ0n) is 15.0. The van der Waals surface area contributed by atoms with Crippen LogP contribution in [0.3, 0.4) is 0 Å². The minimum Gasteiger partial charge on any atom is -0.493 e. The predicted octanol–water partition coefficient (Wildman–Crippen LogP) is 4.27. The van der Waals surface area contributed by atoms with Gasteiger partial charge in [-0.15, -0.1) is 0 Å². The maximum absolute atomic E-state index is 13.1. The number of benzene rings is 2. The summed E-state index contributed by atoms with van der Waals surface area (Å²) in [6, 6.07) is 9.20. The smallest absolute Gasteiger partial charge is 0.265 e. The number of nitrogens with one attached hydrogen (secondary N) is 1. The van der Waals surface area contributed by atoms with Gasteiger partial charge >= 0.3 is 0 Å². The van der Waals surface area contributed by atoms with Gasteiger partial charge in [-0.05, 0) is 42.8 Å². The molecule has 0 aliphatic carbocycles. The molecule has 2 rings (SSSR count). The predicted molar refractivity (Wildman–Crippen MR) is 102 cm³/mol. The van der Waals surface area contributed by atoms with Gasteiger partial charge in [-0.1, -0.05) is 23.7 Å². The lowest BCUT2D eigenvalue weighted by molar-refractivity contribution is -0.120. The number of carbonyl (C=O) groups is 1. The van der Waals surface area contributed by atoms with Crippen LogP contribution in [-0.2, 0) is 9.63 Å². The van der Waals surface area contributed by atoms with Crippen LogP contribution < -0.4 is 14.8 Å². The number of methoxy groups -OCH3 is 1. The molecule has 1 amide bonds. The molecule has 0 saturated heterocycles. The van der Waals surface area contributed by atoms with E-state index in [0.29, 0.717) is 23.8 Å². The lowest BCUT2D eigenvalue weighted by atomic mass is 10.2. The fourth-order valence-electron chi connectivity index (χ4n) is 2.06. The molecule has 6 nitrogen and oxygen atoms in total. The quantitative estimate of drug-likeness (QED) is 0.509. The van der Waals surface area contributed by atoms with Crippen LogP contribution in [0.5, 0.6) is 11.5 Å². The van der Waals surface area contributed by atoms with Crippen molar-refractivity contribution in [2.45, 2.75) is 13.3 Å². The number of hydrogen-bond acceptors (Lipinski definition) is 5. The fourth-order valence-corrected chi connectivity index (χ4v) is 2.24. The van der Waals surface area contributed by atoms with Gasteiger partial charge in [0.1, 0.15) is 5.82 Å². The number of ether oxygens (including phenoxy) is 2. The Bertz CT molecular complexity index is 814. The van der Waals surface area contributed by atoms with Crippen molar-refractivity contribution < 1.29 is 23.5 Å². The van der Waals surface area contributed by atoms with Crippen molar-refractivity contribution >= 4 is 29.4 Å². The van der Waals surface area contributed by atoms with E-state index in [9.17, 15) is 9.18 Å². The maximum atomic E-state index is 13.1. The zero-order chi connectivity index (χ0) is 19.6. The van der Waals surface area contributed by atoms with Gasteiger partial charge in [0.15, 0.2) is 18.1 Å². The molecule has 0 spiro atoms. The van der Waals surface area contributed by atoms with Crippen molar-refractivity contribution in [3.63, 3.8) is 0 Å². The molecule has 8 heteroatoms. The molecule has 0 saturated carbocycles. The Kier molecular flexibility index (Phi) is 7.88. The second-order valence-electron chi connectivity index (χ2n) is 5.44. The van der Waals surface area contributed by atoms with Crippen LogP contribution in [0, 0.1) is 5.82 Å². The van der Waals surface area contributed by atoms with Crippen LogP contribution in [0.15, 0.2) is 41.6 Å². The molecule has 2 aromatic rings. The number of oxime groups is 1. The summed E-state index contributed by atoms with van der Waals surface area (Å²) >= 11 is 5.66. The molecule has 0 heterocycles. The highest BCUT2D eigenvalue weighted by molar-refractivity contribution is 6.31. The molecule has 0 bridgehead atoms. The van der Waals surface area contributed by atoms with Crippen LogP contribution in [0.1, 0.15) is 18.9 Å². The molecule has 0 aromatic heterocycles. The average molecular weight is 395 g/mol. The molecule has 0 fully saturated rings. The van der Waals surface area contributed by atoms with E-state index in [0.717, 1.165) is 18.1 Å². The number of carbonyl (C=O) groups excluding carboxylic acids is 1. The SMILES string of the molecule is CCCOc1ccc(/C=N\OCC(=O)Nc2ccc(F)c(Cl)c2)cc1OC. The van der Waals surface area contributed by atoms with Crippen molar-refractivity contribution in [1.29, 1.82) is 0 Å². The Balaban J connectivity index is 1.85. The molecule has 0 radical (unpaired) electrons. The summed E-state index contributed by atoms with van der Waals surface area (Å²) in [4.78, 5) is 16.8. The van der Waals surface area contributed by atoms with Gasteiger partial charge in [-0.3, -0.25) is 4.79 Å². The van der Waals surface area contributed by atoms with Gasteiger partial charge in [0.2, 0.25) is 0 Å². The summed E-state index contributed by atoms with van der Waals surface area (Å²) < 4.78 is 23.9. The van der Waals surface area contributed by atoms with E-state index in [2.05, 4.69) is 10.5 Å². The first-order chi connectivity index (χ1) is 13.0. The molecule has 27 heavy (non-hydrogen) atoms. The molecule has 0 aliphatic rings. The minimum absolute atomic E-state index is 0.0768. The summed E-state index contributed by atoms with van der Waals surface area (Å²) in [7, 11) is 1.55. The van der Waals surface area contributed by atoms with Crippen LogP contribution in [0.4, 0.5) is 10.1 Å². The van der Waals surface area contributed by atoms with Crippen LogP contribution in [0.25, 0.3) is 0 Å². The van der Waals surface area contributed by atoms with Gasteiger partial charge in [-0.25, -0.2) is 4.39 Å². The number of nitrogens with zero attached hydrogens (tertiary/aromatic N) is 1. The van der Waals surface area contributed by atoms with E-state index in [1.165, 1.54) is 18.3 Å². The number of anilines is 1. The highest BCUT2D eigenvalue weighted by Crippen LogP contribution is 2.27. The molecule has 0 atom stereocenters. The van der Waals surface area contributed by atoms with E-state index in [1.54, 1.807) is 25.3 Å². The normalized spacial score (nSPS) is 10.7. The first kappa shape index (κ1) is 20.5. The standard InChI is InChI=1S/C19H20ClFN2O4/c1-3-8-26-17-7-4-13(9-18(17)25-2)11-22-27-12-19(24)23-14-5-6-16(21)15(20)10-14/h4-7,9-11H,3,8,12H2,1-2H3,(H,23,24)/b22-11-. The molecule has 0 unspecified atom stereocenters. The van der Waals surface area contributed by atoms with Crippen molar-refractivity contribution in [3.8, 4) is 11.5 Å². The topological polar surface area (TPSA) is 69.2 Å². The Morgan fingerprint density at radius 3 is 2.78 bits per heavy atom. The molecule has 1 N–H and O–H groups in total. The van der Waals surface area contributed by atoms with Crippen molar-refractivity contribution in [2.75, 3.05) is 25.6 Å². The molecule has 144 valence electrons. The summed E-state index contributed by atoms with van der Waals surface area (Å²) in [5, 5.41) is 6.21. The largest absolute Gasteiger partial charge is 0.493 e. The van der Waals surface area contributed by atoms with Gasteiger partial charge in [0, 0.05) is 11.3 Å². The third-order valence-corrected chi connectivity index (χ3v) is 3.61. The highest BCUT2D eigenvalue weighted by atomic mass is 35.5. The summed E-state index contributed by atoms with van der Waals surface area (Å²) in [5.41, 5.74) is 1.09. The Morgan fingerprint density at radius 1 is 1.26 bits per heavy atom. The van der Waals surface area contributed by atoms with E-state index in [4.69, 9.17) is 25.9 Å². The first-order valence-electron chi connectivity index (χ1n) is 8.24. The second-order valence-corrected chi connectivity index (χ2v) is 5.85. The fraction of sp³-hybridized carbons (Fsp3) is 0.263. The van der Waals surface area contributed by atoms with Crippen molar-refractivity contribution in [1.82, 2.24) is 0 Å². The number of amides is 1. The maximum Gasteiger partial charge on any atom is 0.265 e. The first-order valence-corrected chi connectivity index (χ1v) is 8.62. The van der Waals surface area contributed by atoms with E-state index in [-0.39, 0.29) is 11.6 Å². The van der Waals surface area contributed by atoms with E-state index < -0.39 is 11.7 Å². The molecular weight excluding hydrogens is 375 g/mol. The summed E-state index contributed by atoms with van der Waals surface area (Å²) in [6.45, 7) is 2.31. The van der Waals surface area contributed by atoms with Crippen LogP contribution in [0.2, 0.25) is 5.02 Å². The summed E-state index contributed by atoms with van der Waals surface area (Å²) in [6.07, 6.45) is 2.35. The molecule has 0 aliphatic heterocycles. The van der Waals surface area contributed by atoms with E-state index >= 15 is 0 Å². The highest BCUT2D eigenvalue weighted by Gasteiger charge is 2.06. The summed E-state index contributed by atoms with van der Waals surface area (Å²) in [5.74, 6) is 0.223.